The molecule has 2 atom stereocenters. The fourth-order valence-electron chi connectivity index (χ4n) is 4.11. The second-order valence-corrected chi connectivity index (χ2v) is 10.2. The van der Waals surface area contributed by atoms with Crippen LogP contribution in [0.2, 0.25) is 0 Å². The van der Waals surface area contributed by atoms with Gasteiger partial charge in [0.2, 0.25) is 5.91 Å². The zero-order valence-corrected chi connectivity index (χ0v) is 21.8. The van der Waals surface area contributed by atoms with Crippen LogP contribution in [0.15, 0.2) is 48.5 Å². The van der Waals surface area contributed by atoms with E-state index in [-0.39, 0.29) is 6.04 Å². The molecule has 0 spiro atoms. The van der Waals surface area contributed by atoms with Gasteiger partial charge in [-0.15, -0.1) is 6.42 Å². The normalized spacial score (nSPS) is 14.9. The summed E-state index contributed by atoms with van der Waals surface area (Å²) in [6.07, 6.45) is 6.99. The molecule has 0 aromatic heterocycles. The van der Waals surface area contributed by atoms with Crippen molar-refractivity contribution in [1.29, 1.82) is 0 Å². The predicted octanol–water partition coefficient (Wildman–Crippen LogP) is 3.92. The average molecular weight is 506 g/mol. The number of hydrogen-bond donors (Lipinski definition) is 3. The Morgan fingerprint density at radius 3 is 2.30 bits per heavy atom. The van der Waals surface area contributed by atoms with Gasteiger partial charge in [0, 0.05) is 17.3 Å². The molecule has 0 aliphatic heterocycles. The molecule has 0 saturated heterocycles. The molecular formula is C29H35N3O5. The predicted molar refractivity (Wildman–Crippen MR) is 142 cm³/mol. The highest BCUT2D eigenvalue weighted by atomic mass is 16.6. The maximum atomic E-state index is 13.9. The molecule has 0 radical (unpaired) electrons. The minimum Gasteiger partial charge on any atom is -0.444 e. The van der Waals surface area contributed by atoms with Gasteiger partial charge < -0.3 is 25.4 Å². The van der Waals surface area contributed by atoms with Gasteiger partial charge in [-0.3, -0.25) is 9.59 Å². The lowest BCUT2D eigenvalue weighted by Crippen LogP contribution is -2.58. The Hall–Kier alpha value is -3.83. The van der Waals surface area contributed by atoms with Gasteiger partial charge in [0.15, 0.2) is 0 Å². The van der Waals surface area contributed by atoms with Crippen LogP contribution in [0.25, 0.3) is 0 Å². The molecule has 1 aliphatic carbocycles. The molecule has 1 fully saturated rings. The topological polar surface area (TPSA) is 108 Å². The summed E-state index contributed by atoms with van der Waals surface area (Å²) < 4.78 is 5.28. The summed E-state index contributed by atoms with van der Waals surface area (Å²) in [6, 6.07) is 11.7. The zero-order chi connectivity index (χ0) is 27.2. The Balaban J connectivity index is 1.99. The summed E-state index contributed by atoms with van der Waals surface area (Å²) in [7, 11) is 0. The summed E-state index contributed by atoms with van der Waals surface area (Å²) in [4.78, 5) is 41.6. The second kappa shape index (κ2) is 11.9. The first-order chi connectivity index (χ1) is 17.5. The number of nitrogens with zero attached hydrogens (tertiary/aromatic N) is 1. The molecule has 2 aromatic carbocycles. The van der Waals surface area contributed by atoms with Crippen molar-refractivity contribution < 1.29 is 24.2 Å². The number of hydrogen-bond acceptors (Lipinski definition) is 5. The first-order valence-electron chi connectivity index (χ1n) is 12.4. The number of carbonyl (C=O) groups excluding carboxylic acids is 3. The minimum atomic E-state index is -1.28. The molecule has 3 rings (SSSR count). The maximum Gasteiger partial charge on any atom is 0.408 e. The Morgan fingerprint density at radius 2 is 1.78 bits per heavy atom. The first-order valence-corrected chi connectivity index (χ1v) is 12.4. The number of nitrogens with one attached hydrogen (secondary N) is 2. The third kappa shape index (κ3) is 7.11. The largest absolute Gasteiger partial charge is 0.444 e. The van der Waals surface area contributed by atoms with Crippen LogP contribution in [0, 0.1) is 19.3 Å². The zero-order valence-electron chi connectivity index (χ0n) is 21.8. The fourth-order valence-corrected chi connectivity index (χ4v) is 4.11. The van der Waals surface area contributed by atoms with Crippen molar-refractivity contribution in [2.45, 2.75) is 70.7 Å². The number of aliphatic hydroxyl groups excluding tert-OH is 1. The molecule has 2 aromatic rings. The Bertz CT molecular complexity index is 1160. The number of terminal acetylenes is 1. The fraction of sp³-hybridized carbons (Fsp3) is 0.414. The maximum absolute atomic E-state index is 13.9. The van der Waals surface area contributed by atoms with Crippen LogP contribution in [-0.4, -0.2) is 52.2 Å². The van der Waals surface area contributed by atoms with E-state index in [9.17, 15) is 19.5 Å². The lowest BCUT2D eigenvalue weighted by atomic mass is 9.88. The molecular weight excluding hydrogens is 470 g/mol. The van der Waals surface area contributed by atoms with Crippen LogP contribution < -0.4 is 10.6 Å². The Morgan fingerprint density at radius 1 is 1.14 bits per heavy atom. The van der Waals surface area contributed by atoms with Crippen molar-refractivity contribution in [2.75, 3.05) is 11.9 Å². The van der Waals surface area contributed by atoms with Crippen molar-refractivity contribution in [1.82, 2.24) is 10.2 Å². The quantitative estimate of drug-likeness (QED) is 0.472. The van der Waals surface area contributed by atoms with E-state index in [0.717, 1.165) is 12.0 Å². The number of ether oxygens (including phenoxy) is 1. The second-order valence-electron chi connectivity index (χ2n) is 10.2. The summed E-state index contributed by atoms with van der Waals surface area (Å²) in [5.74, 6) is 1.59. The van der Waals surface area contributed by atoms with Gasteiger partial charge >= 0.3 is 6.09 Å². The SMILES string of the molecule is C#Cc1ccc(C(C(=O)Nc2ccccc2C)N(C(=O)C(CO)NC(=O)OC(C)(C)C)C2CCC2)cc1. The van der Waals surface area contributed by atoms with Crippen molar-refractivity contribution in [2.24, 2.45) is 0 Å². The lowest BCUT2D eigenvalue weighted by Gasteiger charge is -2.43. The smallest absolute Gasteiger partial charge is 0.408 e. The van der Waals surface area contributed by atoms with E-state index < -0.39 is 42.2 Å². The molecule has 1 aliphatic rings. The molecule has 37 heavy (non-hydrogen) atoms. The van der Waals surface area contributed by atoms with Crippen molar-refractivity contribution in [3.05, 3.63) is 65.2 Å². The van der Waals surface area contributed by atoms with E-state index in [4.69, 9.17) is 11.2 Å². The molecule has 2 unspecified atom stereocenters. The highest BCUT2D eigenvalue weighted by Gasteiger charge is 2.42. The van der Waals surface area contributed by atoms with Crippen molar-refractivity contribution >= 4 is 23.6 Å². The molecule has 0 bridgehead atoms. The number of aliphatic hydroxyl groups is 1. The van der Waals surface area contributed by atoms with E-state index in [0.29, 0.717) is 29.7 Å². The molecule has 196 valence electrons. The molecule has 0 heterocycles. The standard InChI is InChI=1S/C29H35N3O5/c1-6-20-14-16-21(17-15-20)25(26(34)30-23-13-8-7-10-19(23)2)32(22-11-9-12-22)27(35)24(18-33)31-28(36)37-29(3,4)5/h1,7-8,10,13-17,22,24-25,33H,9,11-12,18H2,2-5H3,(H,30,34)(H,31,36). The van der Waals surface area contributed by atoms with Crippen LogP contribution in [0.5, 0.6) is 0 Å². The third-order valence-corrected chi connectivity index (χ3v) is 6.22. The Labute approximate surface area is 218 Å². The van der Waals surface area contributed by atoms with Crippen molar-refractivity contribution in [3.63, 3.8) is 0 Å². The number of para-hydroxylation sites is 1. The number of aryl methyl sites for hydroxylation is 1. The monoisotopic (exact) mass is 505 g/mol. The van der Waals surface area contributed by atoms with Gasteiger partial charge in [-0.05, 0) is 76.3 Å². The van der Waals surface area contributed by atoms with Gasteiger partial charge in [0.25, 0.3) is 5.91 Å². The van der Waals surface area contributed by atoms with Crippen LogP contribution in [0.3, 0.4) is 0 Å². The van der Waals surface area contributed by atoms with Crippen LogP contribution in [-0.2, 0) is 14.3 Å². The molecule has 8 nitrogen and oxygen atoms in total. The van der Waals surface area contributed by atoms with Gasteiger partial charge in [-0.1, -0.05) is 36.3 Å². The first kappa shape index (κ1) is 27.8. The number of amides is 3. The molecule has 8 heteroatoms. The van der Waals surface area contributed by atoms with Crippen LogP contribution >= 0.6 is 0 Å². The highest BCUT2D eigenvalue weighted by Crippen LogP contribution is 2.34. The molecule has 3 amide bonds. The van der Waals surface area contributed by atoms with E-state index in [1.165, 1.54) is 4.90 Å². The highest BCUT2D eigenvalue weighted by molar-refractivity contribution is 5.99. The van der Waals surface area contributed by atoms with Gasteiger partial charge in [-0.2, -0.15) is 0 Å². The number of rotatable bonds is 8. The lowest BCUT2D eigenvalue weighted by molar-refractivity contribution is -0.146. The Kier molecular flexibility index (Phi) is 8.95. The van der Waals surface area contributed by atoms with E-state index >= 15 is 0 Å². The third-order valence-electron chi connectivity index (χ3n) is 6.22. The molecule has 1 saturated carbocycles. The van der Waals surface area contributed by atoms with Crippen LogP contribution in [0.1, 0.15) is 62.8 Å². The van der Waals surface area contributed by atoms with E-state index in [2.05, 4.69) is 16.6 Å². The number of carbonyl (C=O) groups is 3. The molecule has 3 N–H and O–H groups in total. The number of alkyl carbamates (subject to hydrolysis) is 1. The van der Waals surface area contributed by atoms with E-state index in [1.807, 2.05) is 25.1 Å². The number of benzene rings is 2. The van der Waals surface area contributed by atoms with Gasteiger partial charge in [-0.25, -0.2) is 4.79 Å². The summed E-state index contributed by atoms with van der Waals surface area (Å²) in [5.41, 5.74) is 1.93. The van der Waals surface area contributed by atoms with Gasteiger partial charge in [0.1, 0.15) is 17.7 Å². The summed E-state index contributed by atoms with van der Waals surface area (Å²) in [6.45, 7) is 6.34. The average Bonchev–Trinajstić information content (AvgIpc) is 2.81. The van der Waals surface area contributed by atoms with Crippen molar-refractivity contribution in [3.8, 4) is 12.3 Å². The van der Waals surface area contributed by atoms with Crippen LogP contribution in [0.4, 0.5) is 10.5 Å². The van der Waals surface area contributed by atoms with Gasteiger partial charge in [0.05, 0.1) is 6.61 Å². The minimum absolute atomic E-state index is 0.234. The summed E-state index contributed by atoms with van der Waals surface area (Å²) in [5, 5.41) is 15.5. The summed E-state index contributed by atoms with van der Waals surface area (Å²) >= 11 is 0. The number of anilines is 1. The van der Waals surface area contributed by atoms with E-state index in [1.54, 1.807) is 51.1 Å².